The van der Waals surface area contributed by atoms with Gasteiger partial charge in [-0.1, -0.05) is 11.3 Å². The second kappa shape index (κ2) is 3.73. The Bertz CT molecular complexity index is 396. The van der Waals surface area contributed by atoms with Crippen LogP contribution in [-0.2, 0) is 6.54 Å². The van der Waals surface area contributed by atoms with E-state index in [2.05, 4.69) is 25.9 Å². The number of hydrogen-bond acceptors (Lipinski definition) is 5. The van der Waals surface area contributed by atoms with Gasteiger partial charge in [-0.3, -0.25) is 0 Å². The number of hydrogen-bond donors (Lipinski definition) is 3. The summed E-state index contributed by atoms with van der Waals surface area (Å²) in [5.74, 6) is 0.618. The number of tetrazole rings is 1. The Labute approximate surface area is 80.5 Å². The minimum Gasteiger partial charge on any atom is -0.399 e. The standard InChI is InChI=1S/C8H10N6/c9-6-2-1-3-7(4-6)10-5-8-11-13-14-12-8/h1-4,10H,5,9H2,(H,11,12,13,14). The number of aromatic nitrogens is 4. The highest BCUT2D eigenvalue weighted by atomic mass is 15.5. The molecule has 0 saturated carbocycles. The molecule has 4 N–H and O–H groups in total. The predicted molar refractivity (Wildman–Crippen MR) is 52.4 cm³/mol. The second-order valence-electron chi connectivity index (χ2n) is 2.81. The van der Waals surface area contributed by atoms with Crippen molar-refractivity contribution in [3.63, 3.8) is 0 Å². The number of anilines is 2. The van der Waals surface area contributed by atoms with Crippen molar-refractivity contribution >= 4 is 11.4 Å². The fourth-order valence-electron chi connectivity index (χ4n) is 1.09. The predicted octanol–water partition coefficient (Wildman–Crippen LogP) is 0.394. The molecule has 0 amide bonds. The third kappa shape index (κ3) is 1.98. The summed E-state index contributed by atoms with van der Waals surface area (Å²) in [5.41, 5.74) is 7.28. The van der Waals surface area contributed by atoms with Gasteiger partial charge in [0.2, 0.25) is 0 Å². The largest absolute Gasteiger partial charge is 0.399 e. The summed E-state index contributed by atoms with van der Waals surface area (Å²) in [4.78, 5) is 0. The lowest BCUT2D eigenvalue weighted by Crippen LogP contribution is -2.01. The van der Waals surface area contributed by atoms with Crippen molar-refractivity contribution < 1.29 is 0 Å². The molecular formula is C8H10N6. The molecule has 0 aliphatic carbocycles. The van der Waals surface area contributed by atoms with Crippen LogP contribution in [0.15, 0.2) is 24.3 Å². The molecule has 0 spiro atoms. The number of aromatic amines is 1. The van der Waals surface area contributed by atoms with Crippen LogP contribution in [0.3, 0.4) is 0 Å². The smallest absolute Gasteiger partial charge is 0.193 e. The Morgan fingerprint density at radius 1 is 1.43 bits per heavy atom. The average molecular weight is 190 g/mol. The molecule has 6 heteroatoms. The summed E-state index contributed by atoms with van der Waals surface area (Å²) in [6, 6.07) is 7.49. The monoisotopic (exact) mass is 190 g/mol. The normalized spacial score (nSPS) is 10.0. The van der Waals surface area contributed by atoms with Gasteiger partial charge in [0.15, 0.2) is 5.82 Å². The Balaban J connectivity index is 1.98. The number of nitrogens with two attached hydrogens (primary N) is 1. The first kappa shape index (κ1) is 8.49. The van der Waals surface area contributed by atoms with Crippen molar-refractivity contribution in [1.82, 2.24) is 20.6 Å². The van der Waals surface area contributed by atoms with E-state index < -0.39 is 0 Å². The van der Waals surface area contributed by atoms with E-state index in [4.69, 9.17) is 5.73 Å². The van der Waals surface area contributed by atoms with E-state index >= 15 is 0 Å². The molecule has 0 fully saturated rings. The average Bonchev–Trinajstić information content (AvgIpc) is 2.67. The molecule has 0 bridgehead atoms. The number of nitrogens with zero attached hydrogens (tertiary/aromatic N) is 3. The molecule has 0 radical (unpaired) electrons. The van der Waals surface area contributed by atoms with Gasteiger partial charge in [0, 0.05) is 11.4 Å². The zero-order chi connectivity index (χ0) is 9.80. The van der Waals surface area contributed by atoms with Crippen LogP contribution >= 0.6 is 0 Å². The molecule has 72 valence electrons. The molecule has 14 heavy (non-hydrogen) atoms. The molecule has 6 nitrogen and oxygen atoms in total. The van der Waals surface area contributed by atoms with E-state index in [1.807, 2.05) is 24.3 Å². The molecule has 0 aliphatic rings. The molecule has 1 aromatic carbocycles. The molecule has 1 aromatic heterocycles. The Kier molecular flexibility index (Phi) is 2.26. The number of H-pyrrole nitrogens is 1. The van der Waals surface area contributed by atoms with Crippen LogP contribution in [0.1, 0.15) is 5.82 Å². The molecular weight excluding hydrogens is 180 g/mol. The molecule has 2 aromatic rings. The quantitative estimate of drug-likeness (QED) is 0.609. The maximum atomic E-state index is 5.62. The number of rotatable bonds is 3. The van der Waals surface area contributed by atoms with Gasteiger partial charge in [-0.25, -0.2) is 0 Å². The molecule has 0 unspecified atom stereocenters. The minimum atomic E-state index is 0.528. The van der Waals surface area contributed by atoms with E-state index in [0.717, 1.165) is 11.4 Å². The Morgan fingerprint density at radius 3 is 3.07 bits per heavy atom. The van der Waals surface area contributed by atoms with Gasteiger partial charge < -0.3 is 11.1 Å². The van der Waals surface area contributed by atoms with E-state index in [0.29, 0.717) is 12.4 Å². The van der Waals surface area contributed by atoms with Crippen molar-refractivity contribution in [2.24, 2.45) is 0 Å². The van der Waals surface area contributed by atoms with Crippen LogP contribution in [0.25, 0.3) is 0 Å². The zero-order valence-corrected chi connectivity index (χ0v) is 7.44. The maximum Gasteiger partial charge on any atom is 0.193 e. The highest BCUT2D eigenvalue weighted by Crippen LogP contribution is 2.11. The SMILES string of the molecule is Nc1cccc(NCc2nn[nH]n2)c1. The van der Waals surface area contributed by atoms with Gasteiger partial charge in [-0.15, -0.1) is 10.2 Å². The van der Waals surface area contributed by atoms with E-state index in [-0.39, 0.29) is 0 Å². The van der Waals surface area contributed by atoms with Gasteiger partial charge in [0.05, 0.1) is 6.54 Å². The van der Waals surface area contributed by atoms with Crippen molar-refractivity contribution in [1.29, 1.82) is 0 Å². The topological polar surface area (TPSA) is 92.5 Å². The fraction of sp³-hybridized carbons (Fsp3) is 0.125. The molecule has 2 rings (SSSR count). The minimum absolute atomic E-state index is 0.528. The first-order valence-corrected chi connectivity index (χ1v) is 4.16. The van der Waals surface area contributed by atoms with Crippen LogP contribution in [0.4, 0.5) is 11.4 Å². The number of nitrogens with one attached hydrogen (secondary N) is 2. The van der Waals surface area contributed by atoms with Crippen molar-refractivity contribution in [3.8, 4) is 0 Å². The third-order valence-corrected chi connectivity index (χ3v) is 1.73. The van der Waals surface area contributed by atoms with Crippen LogP contribution in [0.5, 0.6) is 0 Å². The zero-order valence-electron chi connectivity index (χ0n) is 7.44. The van der Waals surface area contributed by atoms with E-state index in [1.54, 1.807) is 0 Å². The summed E-state index contributed by atoms with van der Waals surface area (Å²) in [7, 11) is 0. The lowest BCUT2D eigenvalue weighted by atomic mass is 10.3. The summed E-state index contributed by atoms with van der Waals surface area (Å²) >= 11 is 0. The first-order chi connectivity index (χ1) is 6.84. The van der Waals surface area contributed by atoms with Crippen molar-refractivity contribution in [2.75, 3.05) is 11.1 Å². The number of nitrogen functional groups attached to an aromatic ring is 1. The highest BCUT2D eigenvalue weighted by molar-refractivity contribution is 5.53. The summed E-state index contributed by atoms with van der Waals surface area (Å²) in [5, 5.41) is 16.6. The number of benzene rings is 1. The van der Waals surface area contributed by atoms with E-state index in [1.165, 1.54) is 0 Å². The lowest BCUT2D eigenvalue weighted by molar-refractivity contribution is 0.881. The van der Waals surface area contributed by atoms with Crippen LogP contribution < -0.4 is 11.1 Å². The fourth-order valence-corrected chi connectivity index (χ4v) is 1.09. The van der Waals surface area contributed by atoms with Gasteiger partial charge in [-0.05, 0) is 18.2 Å². The molecule has 0 atom stereocenters. The van der Waals surface area contributed by atoms with Gasteiger partial charge >= 0.3 is 0 Å². The van der Waals surface area contributed by atoms with Crippen LogP contribution in [0, 0.1) is 0 Å². The maximum absolute atomic E-state index is 5.62. The Hall–Kier alpha value is -2.11. The molecule has 0 saturated heterocycles. The van der Waals surface area contributed by atoms with Gasteiger partial charge in [0.25, 0.3) is 0 Å². The van der Waals surface area contributed by atoms with Crippen molar-refractivity contribution in [3.05, 3.63) is 30.1 Å². The van der Waals surface area contributed by atoms with E-state index in [9.17, 15) is 0 Å². The second-order valence-corrected chi connectivity index (χ2v) is 2.81. The van der Waals surface area contributed by atoms with Crippen molar-refractivity contribution in [2.45, 2.75) is 6.54 Å². The summed E-state index contributed by atoms with van der Waals surface area (Å²) in [6.45, 7) is 0.528. The van der Waals surface area contributed by atoms with Gasteiger partial charge in [0.1, 0.15) is 0 Å². The first-order valence-electron chi connectivity index (χ1n) is 4.16. The molecule has 1 heterocycles. The Morgan fingerprint density at radius 2 is 2.36 bits per heavy atom. The van der Waals surface area contributed by atoms with Crippen LogP contribution in [-0.4, -0.2) is 20.6 Å². The third-order valence-electron chi connectivity index (χ3n) is 1.73. The summed E-state index contributed by atoms with van der Waals surface area (Å²) in [6.07, 6.45) is 0. The van der Waals surface area contributed by atoms with Gasteiger partial charge in [-0.2, -0.15) is 5.21 Å². The lowest BCUT2D eigenvalue weighted by Gasteiger charge is -2.03. The molecule has 0 aliphatic heterocycles. The highest BCUT2D eigenvalue weighted by Gasteiger charge is 1.97. The summed E-state index contributed by atoms with van der Waals surface area (Å²) < 4.78 is 0. The van der Waals surface area contributed by atoms with Crippen LogP contribution in [0.2, 0.25) is 0 Å².